The number of aromatic amines is 1. The highest BCUT2D eigenvalue weighted by atomic mass is 35.5. The van der Waals surface area contributed by atoms with E-state index in [4.69, 9.17) is 25.8 Å². The van der Waals surface area contributed by atoms with Crippen molar-refractivity contribution < 1.29 is 31.4 Å². The van der Waals surface area contributed by atoms with Gasteiger partial charge in [-0.15, -0.1) is 0 Å². The largest absolute Gasteiger partial charge is 0.478 e. The highest BCUT2D eigenvalue weighted by molar-refractivity contribution is 7.93. The number of rotatable bonds is 9. The van der Waals surface area contributed by atoms with Crippen molar-refractivity contribution in [2.75, 3.05) is 25.5 Å². The molecule has 0 spiro atoms. The molecule has 35 heavy (non-hydrogen) atoms. The van der Waals surface area contributed by atoms with Crippen molar-refractivity contribution in [3.8, 4) is 23.2 Å². The van der Waals surface area contributed by atoms with Crippen molar-refractivity contribution in [2.45, 2.75) is 18.2 Å². The van der Waals surface area contributed by atoms with Gasteiger partial charge in [0.15, 0.2) is 0 Å². The predicted octanol–water partition coefficient (Wildman–Crippen LogP) is 3.57. The summed E-state index contributed by atoms with van der Waals surface area (Å²) in [5.74, 6) is -1.30. The summed E-state index contributed by atoms with van der Waals surface area (Å²) in [6.07, 6.45) is 0.221. The van der Waals surface area contributed by atoms with Gasteiger partial charge in [0.05, 0.1) is 30.5 Å². The molecule has 0 bridgehead atoms. The van der Waals surface area contributed by atoms with E-state index < -0.39 is 29.0 Å². The molecule has 0 atom stereocenters. The molecule has 3 aromatic heterocycles. The molecule has 15 heteroatoms. The maximum absolute atomic E-state index is 13.2. The molecule has 0 saturated heterocycles. The Bertz CT molecular complexity index is 1470. The normalized spacial score (nSPS) is 11.7. The Morgan fingerprint density at radius 1 is 1.17 bits per heavy atom. The van der Waals surface area contributed by atoms with Gasteiger partial charge >= 0.3 is 0 Å². The first-order chi connectivity index (χ1) is 16.6. The minimum atomic E-state index is -4.24. The van der Waals surface area contributed by atoms with Crippen LogP contribution in [0.2, 0.25) is 5.02 Å². The minimum absolute atomic E-state index is 0.117. The van der Waals surface area contributed by atoms with Gasteiger partial charge in [0.25, 0.3) is 28.2 Å². The molecule has 4 rings (SSSR count). The number of nitrogens with one attached hydrogen (secondary N) is 2. The van der Waals surface area contributed by atoms with Gasteiger partial charge in [-0.25, -0.2) is 26.6 Å². The van der Waals surface area contributed by atoms with Crippen LogP contribution in [0, 0.1) is 6.92 Å². The quantitative estimate of drug-likeness (QED) is 0.337. The van der Waals surface area contributed by atoms with Crippen LogP contribution in [-0.2, 0) is 10.0 Å². The summed E-state index contributed by atoms with van der Waals surface area (Å²) in [5, 5.41) is 5.04. The maximum Gasteiger partial charge on any atom is 0.272 e. The number of methoxy groups -OCH3 is 2. The molecular weight excluding hydrogens is 510 g/mol. The van der Waals surface area contributed by atoms with E-state index in [2.05, 4.69) is 24.8 Å². The summed E-state index contributed by atoms with van der Waals surface area (Å²) < 4.78 is 70.5. The highest BCUT2D eigenvalue weighted by Gasteiger charge is 2.26. The van der Waals surface area contributed by atoms with E-state index in [-0.39, 0.29) is 22.4 Å². The second kappa shape index (κ2) is 9.54. The molecule has 186 valence electrons. The summed E-state index contributed by atoms with van der Waals surface area (Å²) in [7, 11) is -1.83. The van der Waals surface area contributed by atoms with E-state index in [0.29, 0.717) is 21.6 Å². The van der Waals surface area contributed by atoms with Crippen molar-refractivity contribution in [2.24, 2.45) is 0 Å². The SMILES string of the molecule is COc1nc(NS(=O)(=O)c2c[nH]c3c(-n4ccc(C)n4)c(Cl)ccc23)nc(OC)c1OCC(F)F. The Labute approximate surface area is 203 Å². The fraction of sp³-hybridized carbons (Fsp3) is 0.250. The number of halogens is 3. The number of nitrogens with zero attached hydrogens (tertiary/aromatic N) is 4. The molecule has 11 nitrogen and oxygen atoms in total. The molecule has 0 aliphatic carbocycles. The summed E-state index contributed by atoms with van der Waals surface area (Å²) in [6.45, 7) is 0.850. The first-order valence-electron chi connectivity index (χ1n) is 9.90. The molecule has 0 fully saturated rings. The second-order valence-electron chi connectivity index (χ2n) is 7.08. The van der Waals surface area contributed by atoms with Gasteiger partial charge in [0.2, 0.25) is 11.7 Å². The topological polar surface area (TPSA) is 133 Å². The second-order valence-corrected chi connectivity index (χ2v) is 9.13. The van der Waals surface area contributed by atoms with Crippen LogP contribution in [0.4, 0.5) is 14.7 Å². The lowest BCUT2D eigenvalue weighted by Gasteiger charge is -2.14. The number of benzene rings is 1. The monoisotopic (exact) mass is 528 g/mol. The standard InChI is InChI=1S/C20H19ClF2N6O5S/c1-10-6-7-29(27-10)16-12(21)5-4-11-13(8-24-15(11)16)35(30,31)28-20-25-18(32-2)17(19(26-20)33-3)34-9-14(22)23/h4-8,14,24H,9H2,1-3H3,(H,25,26,28). The smallest absolute Gasteiger partial charge is 0.272 e. The van der Waals surface area contributed by atoms with E-state index in [1.54, 1.807) is 24.4 Å². The number of anilines is 1. The summed E-state index contributed by atoms with van der Waals surface area (Å²) in [5.41, 5.74) is 1.66. The van der Waals surface area contributed by atoms with E-state index >= 15 is 0 Å². The maximum atomic E-state index is 13.2. The molecule has 4 aromatic rings. The van der Waals surface area contributed by atoms with Gasteiger partial charge in [0, 0.05) is 17.8 Å². The lowest BCUT2D eigenvalue weighted by molar-refractivity contribution is 0.0781. The van der Waals surface area contributed by atoms with E-state index in [9.17, 15) is 17.2 Å². The number of aryl methyl sites for hydroxylation is 1. The molecule has 2 N–H and O–H groups in total. The van der Waals surface area contributed by atoms with Gasteiger partial charge in [0.1, 0.15) is 17.2 Å². The predicted molar refractivity (Wildman–Crippen MR) is 123 cm³/mol. The number of fused-ring (bicyclic) bond motifs is 1. The summed E-state index contributed by atoms with van der Waals surface area (Å²) in [4.78, 5) is 10.6. The molecule has 0 aliphatic rings. The zero-order chi connectivity index (χ0) is 25.3. The summed E-state index contributed by atoms with van der Waals surface area (Å²) >= 11 is 6.37. The van der Waals surface area contributed by atoms with E-state index in [0.717, 1.165) is 5.69 Å². The third-order valence-corrected chi connectivity index (χ3v) is 6.43. The van der Waals surface area contributed by atoms with Crippen molar-refractivity contribution in [1.82, 2.24) is 24.7 Å². The molecule has 0 radical (unpaired) electrons. The first kappa shape index (κ1) is 24.5. The molecule has 0 aliphatic heterocycles. The Hall–Kier alpha value is -3.65. The third kappa shape index (κ3) is 4.79. The molecule has 3 heterocycles. The van der Waals surface area contributed by atoms with Gasteiger partial charge in [-0.05, 0) is 25.1 Å². The lowest BCUT2D eigenvalue weighted by Crippen LogP contribution is -2.16. The third-order valence-electron chi connectivity index (χ3n) is 4.75. The van der Waals surface area contributed by atoms with Crippen LogP contribution >= 0.6 is 11.6 Å². The van der Waals surface area contributed by atoms with Gasteiger partial charge < -0.3 is 19.2 Å². The Morgan fingerprint density at radius 3 is 2.43 bits per heavy atom. The van der Waals surface area contributed by atoms with Crippen LogP contribution in [0.5, 0.6) is 17.5 Å². The Balaban J connectivity index is 1.74. The number of sulfonamides is 1. The fourth-order valence-corrected chi connectivity index (χ4v) is 4.66. The van der Waals surface area contributed by atoms with Gasteiger partial charge in [-0.2, -0.15) is 15.1 Å². The zero-order valence-corrected chi connectivity index (χ0v) is 20.1. The number of alkyl halides is 2. The Morgan fingerprint density at radius 2 is 1.86 bits per heavy atom. The van der Waals surface area contributed by atoms with Crippen LogP contribution in [0.15, 0.2) is 35.5 Å². The minimum Gasteiger partial charge on any atom is -0.478 e. The average molecular weight is 529 g/mol. The first-order valence-corrected chi connectivity index (χ1v) is 11.8. The van der Waals surface area contributed by atoms with Crippen LogP contribution < -0.4 is 18.9 Å². The molecular formula is C20H19ClF2N6O5S. The van der Waals surface area contributed by atoms with E-state index in [1.165, 1.54) is 25.1 Å². The highest BCUT2D eigenvalue weighted by Crippen LogP contribution is 2.37. The number of aromatic nitrogens is 5. The van der Waals surface area contributed by atoms with Crippen molar-refractivity contribution in [1.29, 1.82) is 0 Å². The van der Waals surface area contributed by atoms with Gasteiger partial charge in [-0.3, -0.25) is 0 Å². The fourth-order valence-electron chi connectivity index (χ4n) is 3.30. The van der Waals surface area contributed by atoms with Crippen LogP contribution in [-0.4, -0.2) is 60.4 Å². The Kier molecular flexibility index (Phi) is 6.67. The molecule has 0 saturated carbocycles. The molecule has 0 unspecified atom stereocenters. The van der Waals surface area contributed by atoms with E-state index in [1.807, 2.05) is 6.92 Å². The van der Waals surface area contributed by atoms with Crippen LogP contribution in [0.1, 0.15) is 5.69 Å². The van der Waals surface area contributed by atoms with Crippen molar-refractivity contribution in [3.63, 3.8) is 0 Å². The van der Waals surface area contributed by atoms with Crippen molar-refractivity contribution in [3.05, 3.63) is 41.3 Å². The number of H-pyrrole nitrogens is 1. The average Bonchev–Trinajstić information content (AvgIpc) is 3.43. The van der Waals surface area contributed by atoms with Crippen molar-refractivity contribution >= 4 is 38.5 Å². The van der Waals surface area contributed by atoms with Crippen LogP contribution in [0.25, 0.3) is 16.6 Å². The number of ether oxygens (including phenoxy) is 3. The molecule has 1 aromatic carbocycles. The molecule has 0 amide bonds. The lowest BCUT2D eigenvalue weighted by atomic mass is 10.2. The zero-order valence-electron chi connectivity index (χ0n) is 18.5. The van der Waals surface area contributed by atoms with Gasteiger partial charge in [-0.1, -0.05) is 11.6 Å². The number of hydrogen-bond donors (Lipinski definition) is 2. The summed E-state index contributed by atoms with van der Waals surface area (Å²) in [6, 6.07) is 4.89. The number of hydrogen-bond acceptors (Lipinski definition) is 8. The van der Waals surface area contributed by atoms with Crippen LogP contribution in [0.3, 0.4) is 0 Å².